The molecule has 3 rings (SSSR count). The van der Waals surface area contributed by atoms with Crippen LogP contribution in [0.25, 0.3) is 0 Å². The van der Waals surface area contributed by atoms with E-state index in [0.29, 0.717) is 18.8 Å². The van der Waals surface area contributed by atoms with Crippen molar-refractivity contribution in [3.63, 3.8) is 0 Å². The highest BCUT2D eigenvalue weighted by atomic mass is 16.5. The van der Waals surface area contributed by atoms with Crippen molar-refractivity contribution >= 4 is 11.6 Å². The van der Waals surface area contributed by atoms with Crippen LogP contribution in [0.3, 0.4) is 0 Å². The van der Waals surface area contributed by atoms with Gasteiger partial charge in [0.25, 0.3) is 5.91 Å². The fraction of sp³-hybridized carbons (Fsp3) is 0.350. The van der Waals surface area contributed by atoms with Crippen molar-refractivity contribution in [1.82, 2.24) is 4.90 Å². The summed E-state index contributed by atoms with van der Waals surface area (Å²) in [5.41, 5.74) is 4.06. The van der Waals surface area contributed by atoms with Crippen molar-refractivity contribution in [2.24, 2.45) is 0 Å². The van der Waals surface area contributed by atoms with Gasteiger partial charge in [-0.3, -0.25) is 4.79 Å². The minimum Gasteiger partial charge on any atom is -0.493 e. The van der Waals surface area contributed by atoms with Gasteiger partial charge in [-0.05, 0) is 47.9 Å². The molecule has 0 aromatic heterocycles. The zero-order chi connectivity index (χ0) is 18.0. The Bertz CT molecular complexity index is 787. The summed E-state index contributed by atoms with van der Waals surface area (Å²) in [6, 6.07) is 11.7. The number of nitrogens with zero attached hydrogens (tertiary/aromatic N) is 2. The molecule has 5 nitrogen and oxygen atoms in total. The van der Waals surface area contributed by atoms with Gasteiger partial charge in [-0.2, -0.15) is 0 Å². The van der Waals surface area contributed by atoms with Crippen LogP contribution >= 0.6 is 0 Å². The normalized spacial score (nSPS) is 13.2. The van der Waals surface area contributed by atoms with E-state index >= 15 is 0 Å². The van der Waals surface area contributed by atoms with Crippen LogP contribution in [0.2, 0.25) is 0 Å². The average Bonchev–Trinajstić information content (AvgIpc) is 2.65. The number of anilines is 1. The monoisotopic (exact) mass is 340 g/mol. The fourth-order valence-corrected chi connectivity index (χ4v) is 3.16. The maximum absolute atomic E-state index is 12.9. The molecule has 0 fully saturated rings. The van der Waals surface area contributed by atoms with Gasteiger partial charge < -0.3 is 19.3 Å². The van der Waals surface area contributed by atoms with E-state index < -0.39 is 0 Å². The van der Waals surface area contributed by atoms with Crippen molar-refractivity contribution in [1.29, 1.82) is 0 Å². The van der Waals surface area contributed by atoms with Crippen LogP contribution < -0.4 is 14.4 Å². The zero-order valence-electron chi connectivity index (χ0n) is 15.2. The van der Waals surface area contributed by atoms with E-state index in [2.05, 4.69) is 0 Å². The lowest BCUT2D eigenvalue weighted by Crippen LogP contribution is -2.36. The minimum atomic E-state index is 0.0594. The Morgan fingerprint density at radius 2 is 1.72 bits per heavy atom. The first-order chi connectivity index (χ1) is 12.0. The number of ether oxygens (including phenoxy) is 2. The third-order valence-electron chi connectivity index (χ3n) is 4.61. The number of rotatable bonds is 4. The summed E-state index contributed by atoms with van der Waals surface area (Å²) in [6.07, 6.45) is 0.814. The molecule has 0 radical (unpaired) electrons. The molecular weight excluding hydrogens is 316 g/mol. The highest BCUT2D eigenvalue weighted by Gasteiger charge is 2.24. The predicted octanol–water partition coefficient (Wildman–Crippen LogP) is 2.97. The van der Waals surface area contributed by atoms with Gasteiger partial charge in [0.2, 0.25) is 0 Å². The summed E-state index contributed by atoms with van der Waals surface area (Å²) in [4.78, 5) is 16.8. The largest absolute Gasteiger partial charge is 0.493 e. The van der Waals surface area contributed by atoms with Crippen molar-refractivity contribution < 1.29 is 14.3 Å². The van der Waals surface area contributed by atoms with Gasteiger partial charge in [-0.1, -0.05) is 6.07 Å². The Morgan fingerprint density at radius 1 is 1.04 bits per heavy atom. The maximum atomic E-state index is 12.9. The molecule has 1 aliphatic rings. The van der Waals surface area contributed by atoms with Gasteiger partial charge in [0.1, 0.15) is 0 Å². The Labute approximate surface area is 148 Å². The molecule has 0 saturated heterocycles. The second kappa shape index (κ2) is 7.05. The highest BCUT2D eigenvalue weighted by Crippen LogP contribution is 2.33. The molecule has 1 heterocycles. The van der Waals surface area contributed by atoms with Crippen molar-refractivity contribution in [2.75, 3.05) is 39.8 Å². The quantitative estimate of drug-likeness (QED) is 0.858. The average molecular weight is 340 g/mol. The van der Waals surface area contributed by atoms with Gasteiger partial charge in [0.15, 0.2) is 11.5 Å². The number of hydrogen-bond donors (Lipinski definition) is 0. The van der Waals surface area contributed by atoms with E-state index in [0.717, 1.165) is 29.0 Å². The number of carbonyl (C=O) groups excluding carboxylic acids is 1. The summed E-state index contributed by atoms with van der Waals surface area (Å²) >= 11 is 0. The number of amides is 1. The first-order valence-electron chi connectivity index (χ1n) is 8.34. The van der Waals surface area contributed by atoms with Gasteiger partial charge in [-0.25, -0.2) is 0 Å². The van der Waals surface area contributed by atoms with Crippen LogP contribution in [0.4, 0.5) is 5.69 Å². The van der Waals surface area contributed by atoms with Crippen LogP contribution in [-0.4, -0.2) is 45.7 Å². The number of hydrogen-bond acceptors (Lipinski definition) is 4. The molecule has 1 aliphatic heterocycles. The zero-order valence-corrected chi connectivity index (χ0v) is 15.2. The van der Waals surface area contributed by atoms with Gasteiger partial charge in [0.05, 0.1) is 14.2 Å². The molecule has 0 saturated carbocycles. The van der Waals surface area contributed by atoms with Crippen LogP contribution in [-0.2, 0) is 13.0 Å². The second-order valence-corrected chi connectivity index (χ2v) is 6.40. The Hall–Kier alpha value is -2.69. The SMILES string of the molecule is COc1cc2c(cc1OC)CN(C(=O)c1cccc(N(C)C)c1)CC2. The van der Waals surface area contributed by atoms with E-state index in [1.165, 1.54) is 5.56 Å². The van der Waals surface area contributed by atoms with Crippen LogP contribution in [0.5, 0.6) is 11.5 Å². The van der Waals surface area contributed by atoms with Crippen molar-refractivity contribution in [3.05, 3.63) is 53.1 Å². The third-order valence-corrected chi connectivity index (χ3v) is 4.61. The smallest absolute Gasteiger partial charge is 0.254 e. The first kappa shape index (κ1) is 17.1. The van der Waals surface area contributed by atoms with Crippen LogP contribution in [0.15, 0.2) is 36.4 Å². The van der Waals surface area contributed by atoms with Crippen molar-refractivity contribution in [2.45, 2.75) is 13.0 Å². The molecule has 0 unspecified atom stereocenters. The Balaban J connectivity index is 1.85. The number of carbonyl (C=O) groups is 1. The summed E-state index contributed by atoms with van der Waals surface area (Å²) < 4.78 is 10.8. The summed E-state index contributed by atoms with van der Waals surface area (Å²) in [5.74, 6) is 1.49. The number of methoxy groups -OCH3 is 2. The highest BCUT2D eigenvalue weighted by molar-refractivity contribution is 5.95. The molecule has 0 N–H and O–H groups in total. The Morgan fingerprint density at radius 3 is 2.36 bits per heavy atom. The molecule has 5 heteroatoms. The second-order valence-electron chi connectivity index (χ2n) is 6.40. The summed E-state index contributed by atoms with van der Waals surface area (Å²) in [6.45, 7) is 1.29. The van der Waals surface area contributed by atoms with Crippen LogP contribution in [0, 0.1) is 0 Å². The maximum Gasteiger partial charge on any atom is 0.254 e. The van der Waals surface area contributed by atoms with E-state index in [9.17, 15) is 4.79 Å². The molecule has 0 bridgehead atoms. The van der Waals surface area contributed by atoms with Crippen LogP contribution in [0.1, 0.15) is 21.5 Å². The topological polar surface area (TPSA) is 42.0 Å². The molecule has 0 atom stereocenters. The molecule has 1 amide bonds. The van der Waals surface area contributed by atoms with E-state index in [1.807, 2.05) is 60.3 Å². The van der Waals surface area contributed by atoms with E-state index in [-0.39, 0.29) is 5.91 Å². The van der Waals surface area contributed by atoms with Gasteiger partial charge in [0, 0.05) is 38.4 Å². The molecule has 25 heavy (non-hydrogen) atoms. The molecule has 132 valence electrons. The molecule has 2 aromatic rings. The molecule has 0 spiro atoms. The number of benzene rings is 2. The van der Waals surface area contributed by atoms with E-state index in [1.54, 1.807) is 14.2 Å². The molecule has 2 aromatic carbocycles. The van der Waals surface area contributed by atoms with Gasteiger partial charge >= 0.3 is 0 Å². The third kappa shape index (κ3) is 3.40. The lowest BCUT2D eigenvalue weighted by Gasteiger charge is -2.30. The van der Waals surface area contributed by atoms with E-state index in [4.69, 9.17) is 9.47 Å². The predicted molar refractivity (Wildman–Crippen MR) is 98.8 cm³/mol. The lowest BCUT2D eigenvalue weighted by molar-refractivity contribution is 0.0734. The minimum absolute atomic E-state index is 0.0594. The standard InChI is InChI=1S/C20H24N2O3/c1-21(2)17-7-5-6-15(10-17)20(23)22-9-8-14-11-18(24-3)19(25-4)12-16(14)13-22/h5-7,10-12H,8-9,13H2,1-4H3. The fourth-order valence-electron chi connectivity index (χ4n) is 3.16. The Kier molecular flexibility index (Phi) is 4.83. The first-order valence-corrected chi connectivity index (χ1v) is 8.34. The summed E-state index contributed by atoms with van der Waals surface area (Å²) in [5, 5.41) is 0. The lowest BCUT2D eigenvalue weighted by atomic mass is 9.98. The number of fused-ring (bicyclic) bond motifs is 1. The molecular formula is C20H24N2O3. The molecule has 0 aliphatic carbocycles. The van der Waals surface area contributed by atoms with Crippen molar-refractivity contribution in [3.8, 4) is 11.5 Å². The van der Waals surface area contributed by atoms with Gasteiger partial charge in [-0.15, -0.1) is 0 Å². The summed E-state index contributed by atoms with van der Waals surface area (Å²) in [7, 11) is 7.21.